The highest BCUT2D eigenvalue weighted by atomic mass is 35.5. The van der Waals surface area contributed by atoms with E-state index in [1.54, 1.807) is 0 Å². The van der Waals surface area contributed by atoms with E-state index < -0.39 is 0 Å². The fourth-order valence-electron chi connectivity index (χ4n) is 5.83. The average molecular weight is 507 g/mol. The lowest BCUT2D eigenvalue weighted by molar-refractivity contribution is 0.187. The molecule has 2 saturated heterocycles. The first-order chi connectivity index (χ1) is 17.6. The molecule has 7 nitrogen and oxygen atoms in total. The Labute approximate surface area is 218 Å². The lowest BCUT2D eigenvalue weighted by atomic mass is 10.0. The Morgan fingerprint density at radius 2 is 1.97 bits per heavy atom. The van der Waals surface area contributed by atoms with Crippen molar-refractivity contribution in [1.29, 1.82) is 0 Å². The van der Waals surface area contributed by atoms with Gasteiger partial charge in [0.05, 0.1) is 17.3 Å². The summed E-state index contributed by atoms with van der Waals surface area (Å²) in [6.07, 6.45) is 3.28. The molecule has 1 N–H and O–H groups in total. The minimum atomic E-state index is 0.432. The molecule has 0 amide bonds. The van der Waals surface area contributed by atoms with Crippen molar-refractivity contribution in [2.75, 3.05) is 63.2 Å². The number of benzene rings is 2. The van der Waals surface area contributed by atoms with Gasteiger partial charge < -0.3 is 24.8 Å². The van der Waals surface area contributed by atoms with Crippen molar-refractivity contribution >= 4 is 33.9 Å². The summed E-state index contributed by atoms with van der Waals surface area (Å²) >= 11 is 6.67. The van der Waals surface area contributed by atoms with Gasteiger partial charge >= 0.3 is 6.01 Å². The lowest BCUT2D eigenvalue weighted by Gasteiger charge is -2.35. The van der Waals surface area contributed by atoms with Gasteiger partial charge in [0, 0.05) is 61.8 Å². The molecule has 0 bridgehead atoms. The lowest BCUT2D eigenvalue weighted by Crippen LogP contribution is -2.48. The summed E-state index contributed by atoms with van der Waals surface area (Å²) < 4.78 is 6.25. The largest absolute Gasteiger partial charge is 0.462 e. The van der Waals surface area contributed by atoms with Crippen LogP contribution in [0.4, 0.5) is 11.5 Å². The number of nitrogens with one attached hydrogen (secondary N) is 1. The van der Waals surface area contributed by atoms with E-state index in [9.17, 15) is 0 Å². The minimum Gasteiger partial charge on any atom is -0.462 e. The molecule has 0 spiro atoms. The summed E-state index contributed by atoms with van der Waals surface area (Å²) in [7, 11) is 4.33. The molecule has 6 rings (SSSR count). The number of likely N-dealkylation sites (tertiary alicyclic amines) is 1. The highest BCUT2D eigenvalue weighted by molar-refractivity contribution is 6.36. The van der Waals surface area contributed by atoms with Gasteiger partial charge in [0.2, 0.25) is 0 Å². The summed E-state index contributed by atoms with van der Waals surface area (Å²) in [5.74, 6) is 1.69. The van der Waals surface area contributed by atoms with E-state index in [1.165, 1.54) is 18.4 Å². The number of hydrogen-bond donors (Lipinski definition) is 1. The van der Waals surface area contributed by atoms with Crippen LogP contribution in [0.15, 0.2) is 36.4 Å². The highest BCUT2D eigenvalue weighted by Crippen LogP contribution is 2.37. The summed E-state index contributed by atoms with van der Waals surface area (Å²) in [6, 6.07) is 13.5. The van der Waals surface area contributed by atoms with Crippen molar-refractivity contribution in [3.8, 4) is 6.01 Å². The molecular weight excluding hydrogens is 472 g/mol. The Morgan fingerprint density at radius 1 is 1.14 bits per heavy atom. The third kappa shape index (κ3) is 4.60. The van der Waals surface area contributed by atoms with Crippen molar-refractivity contribution in [2.45, 2.75) is 31.8 Å². The first kappa shape index (κ1) is 23.8. The quantitative estimate of drug-likeness (QED) is 0.520. The van der Waals surface area contributed by atoms with Gasteiger partial charge in [-0.25, -0.2) is 0 Å². The monoisotopic (exact) mass is 506 g/mol. The smallest absolute Gasteiger partial charge is 0.318 e. The van der Waals surface area contributed by atoms with Crippen LogP contribution < -0.4 is 19.9 Å². The number of rotatable bonds is 7. The van der Waals surface area contributed by atoms with E-state index in [-0.39, 0.29) is 0 Å². The van der Waals surface area contributed by atoms with E-state index in [0.717, 1.165) is 72.1 Å². The number of halogens is 1. The predicted octanol–water partition coefficient (Wildman–Crippen LogP) is 3.97. The van der Waals surface area contributed by atoms with Crippen molar-refractivity contribution < 1.29 is 4.74 Å². The molecule has 3 aromatic rings. The Balaban J connectivity index is 1.32. The second kappa shape index (κ2) is 10.0. The van der Waals surface area contributed by atoms with Crippen LogP contribution in [0.25, 0.3) is 10.8 Å². The van der Waals surface area contributed by atoms with Gasteiger partial charge in [-0.1, -0.05) is 35.9 Å². The van der Waals surface area contributed by atoms with Crippen LogP contribution in [0.1, 0.15) is 24.1 Å². The topological polar surface area (TPSA) is 56.8 Å². The van der Waals surface area contributed by atoms with Crippen LogP contribution in [0.2, 0.25) is 5.02 Å². The van der Waals surface area contributed by atoms with Crippen molar-refractivity contribution in [3.63, 3.8) is 0 Å². The molecule has 1 unspecified atom stereocenters. The number of likely N-dealkylation sites (N-methyl/N-ethyl adjacent to an activating group) is 1. The standard InChI is InChI=1S/C28H35ClN6O/c1-33-12-5-8-21(33)18-36-28-31-24-17-35(25-10-4-7-20-6-3-9-23(29)26(20)25)13-11-22(24)27(32-28)34(2)16-19-14-30-15-19/h3-4,6-7,9-10,19,21,30H,5,8,11-18H2,1-2H3. The Morgan fingerprint density at radius 3 is 2.72 bits per heavy atom. The third-order valence-corrected chi connectivity index (χ3v) is 8.35. The van der Waals surface area contributed by atoms with Crippen LogP contribution in [0.5, 0.6) is 6.01 Å². The highest BCUT2D eigenvalue weighted by Gasteiger charge is 2.28. The minimum absolute atomic E-state index is 0.432. The molecule has 0 aliphatic carbocycles. The van der Waals surface area contributed by atoms with Gasteiger partial charge in [0.15, 0.2) is 0 Å². The van der Waals surface area contributed by atoms with Crippen molar-refractivity contribution in [1.82, 2.24) is 20.2 Å². The zero-order valence-electron chi connectivity index (χ0n) is 21.2. The number of fused-ring (bicyclic) bond motifs is 2. The SMILES string of the molecule is CN(CC1CNC1)c1nc(OCC2CCCN2C)nc2c1CCN(c1cccc3cccc(Cl)c13)C2. The summed E-state index contributed by atoms with van der Waals surface area (Å²) in [6.45, 7) is 6.52. The Kier molecular flexibility index (Phi) is 6.63. The predicted molar refractivity (Wildman–Crippen MR) is 147 cm³/mol. The molecular formula is C28H35ClN6O. The molecule has 0 saturated carbocycles. The Hall–Kier alpha value is -2.61. The van der Waals surface area contributed by atoms with Gasteiger partial charge in [-0.15, -0.1) is 0 Å². The van der Waals surface area contributed by atoms with E-state index >= 15 is 0 Å². The fourth-order valence-corrected chi connectivity index (χ4v) is 6.10. The third-order valence-electron chi connectivity index (χ3n) is 8.03. The van der Waals surface area contributed by atoms with Gasteiger partial charge in [0.25, 0.3) is 0 Å². The summed E-state index contributed by atoms with van der Waals surface area (Å²) in [4.78, 5) is 17.0. The number of hydrogen-bond acceptors (Lipinski definition) is 7. The molecule has 3 aliphatic rings. The maximum Gasteiger partial charge on any atom is 0.318 e. The molecule has 36 heavy (non-hydrogen) atoms. The molecule has 3 aliphatic heterocycles. The Bertz CT molecular complexity index is 1240. The van der Waals surface area contributed by atoms with E-state index in [4.69, 9.17) is 26.3 Å². The molecule has 190 valence electrons. The van der Waals surface area contributed by atoms with E-state index in [1.807, 2.05) is 12.1 Å². The molecule has 1 atom stereocenters. The fraction of sp³-hybridized carbons (Fsp3) is 0.500. The first-order valence-corrected chi connectivity index (χ1v) is 13.5. The number of anilines is 2. The second-order valence-corrected chi connectivity index (χ2v) is 10.9. The van der Waals surface area contributed by atoms with Crippen LogP contribution in [-0.2, 0) is 13.0 Å². The molecule has 4 heterocycles. The normalized spacial score (nSPS) is 20.4. The van der Waals surface area contributed by atoms with Crippen molar-refractivity contribution in [2.24, 2.45) is 5.92 Å². The number of nitrogens with zero attached hydrogens (tertiary/aromatic N) is 5. The molecule has 1 aromatic heterocycles. The number of aromatic nitrogens is 2. The van der Waals surface area contributed by atoms with E-state index in [2.05, 4.69) is 58.4 Å². The summed E-state index contributed by atoms with van der Waals surface area (Å²) in [5.41, 5.74) is 3.47. The van der Waals surface area contributed by atoms with Crippen LogP contribution >= 0.6 is 11.6 Å². The van der Waals surface area contributed by atoms with Crippen LogP contribution in [0.3, 0.4) is 0 Å². The van der Waals surface area contributed by atoms with Gasteiger partial charge in [-0.05, 0) is 50.4 Å². The van der Waals surface area contributed by atoms with Crippen LogP contribution in [0, 0.1) is 5.92 Å². The average Bonchev–Trinajstić information content (AvgIpc) is 3.28. The molecule has 2 fully saturated rings. The first-order valence-electron chi connectivity index (χ1n) is 13.1. The zero-order chi connectivity index (χ0) is 24.6. The molecule has 2 aromatic carbocycles. The van der Waals surface area contributed by atoms with Gasteiger partial charge in [-0.2, -0.15) is 9.97 Å². The maximum atomic E-state index is 6.67. The van der Waals surface area contributed by atoms with Gasteiger partial charge in [-0.3, -0.25) is 0 Å². The van der Waals surface area contributed by atoms with Crippen molar-refractivity contribution in [3.05, 3.63) is 52.7 Å². The maximum absolute atomic E-state index is 6.67. The zero-order valence-corrected chi connectivity index (χ0v) is 22.0. The molecule has 8 heteroatoms. The molecule has 0 radical (unpaired) electrons. The van der Waals surface area contributed by atoms with E-state index in [0.29, 0.717) is 31.1 Å². The number of ether oxygens (including phenoxy) is 1. The van der Waals surface area contributed by atoms with Gasteiger partial charge in [0.1, 0.15) is 12.4 Å². The second-order valence-electron chi connectivity index (χ2n) is 10.5. The summed E-state index contributed by atoms with van der Waals surface area (Å²) in [5, 5.41) is 6.44. The van der Waals surface area contributed by atoms with Crippen LogP contribution in [-0.4, -0.2) is 74.3 Å².